The predicted molar refractivity (Wildman–Crippen MR) is 140 cm³/mol. The van der Waals surface area contributed by atoms with Crippen LogP contribution < -0.4 is 9.04 Å². The number of imidazole rings is 1. The number of aryl methyl sites for hydroxylation is 1. The minimum Gasteiger partial charge on any atom is -0.494 e. The van der Waals surface area contributed by atoms with Crippen molar-refractivity contribution in [1.82, 2.24) is 19.1 Å². The summed E-state index contributed by atoms with van der Waals surface area (Å²) in [5.74, 6) is 1.77. The number of fused-ring (bicyclic) bond motifs is 2. The Bertz CT molecular complexity index is 1660. The van der Waals surface area contributed by atoms with E-state index in [-0.39, 0.29) is 6.04 Å². The van der Waals surface area contributed by atoms with Gasteiger partial charge >= 0.3 is 5.97 Å². The molecule has 2 fully saturated rings. The summed E-state index contributed by atoms with van der Waals surface area (Å²) in [6.45, 7) is 0.769. The Hall–Kier alpha value is -3.60. The average Bonchev–Trinajstić information content (AvgIpc) is 3.79. The summed E-state index contributed by atoms with van der Waals surface area (Å²) in [5.41, 5.74) is 3.36. The molecule has 0 N–H and O–H groups in total. The summed E-state index contributed by atoms with van der Waals surface area (Å²) >= 11 is 0. The molecule has 0 aliphatic heterocycles. The van der Waals surface area contributed by atoms with Crippen molar-refractivity contribution in [3.63, 3.8) is 0 Å². The maximum Gasteiger partial charge on any atom is 0.338 e. The van der Waals surface area contributed by atoms with E-state index >= 15 is 0 Å². The molecule has 0 spiro atoms. The minimum absolute atomic E-state index is 0.0254. The number of aromatic nitrogens is 4. The van der Waals surface area contributed by atoms with E-state index < -0.39 is 16.0 Å². The van der Waals surface area contributed by atoms with Crippen molar-refractivity contribution >= 4 is 43.9 Å². The van der Waals surface area contributed by atoms with Gasteiger partial charge in [-0.05, 0) is 61.9 Å². The van der Waals surface area contributed by atoms with E-state index in [4.69, 9.17) is 19.4 Å². The number of sulfonamides is 1. The van der Waals surface area contributed by atoms with Crippen LogP contribution in [0.1, 0.15) is 36.0 Å². The maximum absolute atomic E-state index is 12.6. The number of hydrogen-bond acceptors (Lipinski definition) is 7. The monoisotopic (exact) mass is 523 g/mol. The largest absolute Gasteiger partial charge is 0.494 e. The number of hydrogen-bond donors (Lipinski definition) is 0. The van der Waals surface area contributed by atoms with E-state index in [1.165, 1.54) is 17.7 Å². The Morgan fingerprint density at radius 3 is 2.49 bits per heavy atom. The van der Waals surface area contributed by atoms with Gasteiger partial charge in [0.1, 0.15) is 22.7 Å². The van der Waals surface area contributed by atoms with Crippen LogP contribution >= 0.6 is 0 Å². The molecule has 0 bridgehead atoms. The summed E-state index contributed by atoms with van der Waals surface area (Å²) in [6, 6.07) is 9.10. The van der Waals surface area contributed by atoms with Crippen LogP contribution in [0.4, 0.5) is 5.82 Å². The van der Waals surface area contributed by atoms with Crippen molar-refractivity contribution in [1.29, 1.82) is 0 Å². The Balaban J connectivity index is 1.55. The number of rotatable bonds is 8. The fourth-order valence-electron chi connectivity index (χ4n) is 5.04. The molecular formula is C26H29N5O5S. The van der Waals surface area contributed by atoms with Crippen molar-refractivity contribution in [2.45, 2.75) is 38.3 Å². The normalized spacial score (nSPS) is 15.9. The molecule has 10 nitrogen and oxygen atoms in total. The summed E-state index contributed by atoms with van der Waals surface area (Å²) in [7, 11) is 1.38. The van der Waals surface area contributed by atoms with Gasteiger partial charge in [-0.15, -0.1) is 0 Å². The molecule has 2 saturated carbocycles. The summed E-state index contributed by atoms with van der Waals surface area (Å²) in [5, 5.41) is 0.915. The van der Waals surface area contributed by atoms with Crippen LogP contribution in [0.3, 0.4) is 0 Å². The van der Waals surface area contributed by atoms with Crippen LogP contribution in [0.15, 0.2) is 30.3 Å². The second kappa shape index (κ2) is 8.47. The lowest BCUT2D eigenvalue weighted by atomic mass is 10.2. The minimum atomic E-state index is -3.44. The molecule has 3 aromatic heterocycles. The third-order valence-corrected chi connectivity index (χ3v) is 8.33. The lowest BCUT2D eigenvalue weighted by molar-refractivity contribution is 0.0600. The molecule has 3 heterocycles. The molecule has 2 aliphatic carbocycles. The van der Waals surface area contributed by atoms with Gasteiger partial charge in [0.05, 0.1) is 37.2 Å². The van der Waals surface area contributed by atoms with Gasteiger partial charge in [0, 0.05) is 25.0 Å². The first-order valence-corrected chi connectivity index (χ1v) is 14.2. The van der Waals surface area contributed by atoms with Gasteiger partial charge in [0.2, 0.25) is 10.0 Å². The zero-order chi connectivity index (χ0) is 26.1. The lowest BCUT2D eigenvalue weighted by Crippen LogP contribution is -2.32. The molecule has 0 saturated heterocycles. The van der Waals surface area contributed by atoms with Gasteiger partial charge in [-0.2, -0.15) is 0 Å². The van der Waals surface area contributed by atoms with Crippen LogP contribution in [0.25, 0.3) is 33.6 Å². The van der Waals surface area contributed by atoms with Crippen molar-refractivity contribution < 1.29 is 22.7 Å². The Kier molecular flexibility index (Phi) is 5.45. The van der Waals surface area contributed by atoms with Crippen molar-refractivity contribution in [3.8, 4) is 17.3 Å². The highest BCUT2D eigenvalue weighted by Gasteiger charge is 2.36. The van der Waals surface area contributed by atoms with Crippen molar-refractivity contribution in [2.24, 2.45) is 13.0 Å². The molecule has 0 amide bonds. The first-order chi connectivity index (χ1) is 17.7. The molecule has 37 heavy (non-hydrogen) atoms. The zero-order valence-electron chi connectivity index (χ0n) is 21.3. The van der Waals surface area contributed by atoms with Gasteiger partial charge in [0.15, 0.2) is 5.82 Å². The van der Waals surface area contributed by atoms with Gasteiger partial charge < -0.3 is 18.6 Å². The number of ether oxygens (including phenoxy) is 2. The first-order valence-electron chi connectivity index (χ1n) is 12.3. The number of anilines is 1. The van der Waals surface area contributed by atoms with Gasteiger partial charge in [-0.1, -0.05) is 0 Å². The molecule has 2 aliphatic rings. The van der Waals surface area contributed by atoms with Crippen LogP contribution in [-0.4, -0.2) is 60.0 Å². The molecule has 0 atom stereocenters. The SMILES string of the molecule is COC(=O)c1cc(OC)c2c(c1)nc(-c1cc3ccc(N(C4CC4)S(C)(=O)=O)nc3n1CC1CC1)n2C. The Morgan fingerprint density at radius 2 is 1.86 bits per heavy atom. The van der Waals surface area contributed by atoms with E-state index in [0.29, 0.717) is 34.4 Å². The quantitative estimate of drug-likeness (QED) is 0.324. The summed E-state index contributed by atoms with van der Waals surface area (Å²) in [6.07, 6.45) is 5.22. The highest BCUT2D eigenvalue weighted by molar-refractivity contribution is 7.92. The summed E-state index contributed by atoms with van der Waals surface area (Å²) < 4.78 is 41.2. The van der Waals surface area contributed by atoms with Gasteiger partial charge in [-0.25, -0.2) is 23.2 Å². The molecule has 0 radical (unpaired) electrons. The van der Waals surface area contributed by atoms with Crippen molar-refractivity contribution in [2.75, 3.05) is 24.8 Å². The molecule has 4 aromatic rings. The first kappa shape index (κ1) is 23.8. The van der Waals surface area contributed by atoms with Crippen LogP contribution in [0, 0.1) is 5.92 Å². The van der Waals surface area contributed by atoms with E-state index in [1.807, 2.05) is 23.7 Å². The topological polar surface area (TPSA) is 109 Å². The number of methoxy groups -OCH3 is 2. The third kappa shape index (κ3) is 4.11. The second-order valence-electron chi connectivity index (χ2n) is 9.99. The van der Waals surface area contributed by atoms with Crippen LogP contribution in [0.5, 0.6) is 5.75 Å². The molecule has 11 heteroatoms. The average molecular weight is 524 g/mol. The Labute approximate surface area is 214 Å². The smallest absolute Gasteiger partial charge is 0.338 e. The van der Waals surface area contributed by atoms with E-state index in [1.54, 1.807) is 25.3 Å². The van der Waals surface area contributed by atoms with E-state index in [2.05, 4.69) is 4.57 Å². The van der Waals surface area contributed by atoms with Crippen LogP contribution in [-0.2, 0) is 28.4 Å². The van der Waals surface area contributed by atoms with Crippen molar-refractivity contribution in [3.05, 3.63) is 35.9 Å². The third-order valence-electron chi connectivity index (χ3n) is 7.13. The molecule has 1 aromatic carbocycles. The highest BCUT2D eigenvalue weighted by atomic mass is 32.2. The number of benzene rings is 1. The predicted octanol–water partition coefficient (Wildman–Crippen LogP) is 3.72. The number of esters is 1. The molecule has 6 rings (SSSR count). The lowest BCUT2D eigenvalue weighted by Gasteiger charge is -2.21. The number of nitrogens with zero attached hydrogens (tertiary/aromatic N) is 5. The number of carbonyl (C=O) groups is 1. The van der Waals surface area contributed by atoms with Crippen LogP contribution in [0.2, 0.25) is 0 Å². The molecule has 194 valence electrons. The fraction of sp³-hybridized carbons (Fsp3) is 0.423. The Morgan fingerprint density at radius 1 is 1.11 bits per heavy atom. The maximum atomic E-state index is 12.6. The number of pyridine rings is 1. The summed E-state index contributed by atoms with van der Waals surface area (Å²) in [4.78, 5) is 22.0. The van der Waals surface area contributed by atoms with E-state index in [0.717, 1.165) is 54.5 Å². The molecular weight excluding hydrogens is 494 g/mol. The number of carbonyl (C=O) groups excluding carboxylic acids is 1. The van der Waals surface area contributed by atoms with Gasteiger partial charge in [-0.3, -0.25) is 4.31 Å². The molecule has 0 unspecified atom stereocenters. The van der Waals surface area contributed by atoms with Gasteiger partial charge in [0.25, 0.3) is 0 Å². The van der Waals surface area contributed by atoms with E-state index in [9.17, 15) is 13.2 Å². The fourth-order valence-corrected chi connectivity index (χ4v) is 6.23. The standard InChI is InChI=1S/C26H29N5O5S/c1-29-23-19(11-17(26(32)36-3)13-21(23)35-2)27-25(29)20-12-16-7-10-22(31(18-8-9-18)37(4,33)34)28-24(16)30(20)14-15-5-6-15/h7,10-13,15,18H,5-6,8-9,14H2,1-4H3. The highest BCUT2D eigenvalue weighted by Crippen LogP contribution is 2.39. The second-order valence-corrected chi connectivity index (χ2v) is 11.8. The zero-order valence-corrected chi connectivity index (χ0v) is 22.1.